The summed E-state index contributed by atoms with van der Waals surface area (Å²) in [5.74, 6) is -15.3. The van der Waals surface area contributed by atoms with Crippen LogP contribution in [0.1, 0.15) is 169 Å². The van der Waals surface area contributed by atoms with Crippen molar-refractivity contribution >= 4 is 64.7 Å². The highest BCUT2D eigenvalue weighted by molar-refractivity contribution is 5.97. The fourth-order valence-electron chi connectivity index (χ4n) is 14.9. The number of amides is 8. The van der Waals surface area contributed by atoms with Crippen molar-refractivity contribution in [2.45, 2.75) is 221 Å². The van der Waals surface area contributed by atoms with Crippen LogP contribution in [0.2, 0.25) is 0 Å². The van der Waals surface area contributed by atoms with Crippen molar-refractivity contribution in [3.05, 3.63) is 94.6 Å². The highest BCUT2D eigenvalue weighted by Gasteiger charge is 2.44. The maximum Gasteiger partial charge on any atom is 0.314 e. The molecule has 23 nitrogen and oxygen atoms in total. The van der Waals surface area contributed by atoms with E-state index in [1.165, 1.54) is 7.11 Å². The van der Waals surface area contributed by atoms with Crippen LogP contribution >= 0.6 is 0 Å². The summed E-state index contributed by atoms with van der Waals surface area (Å²) in [5, 5.41) is 14.3. The first-order valence-electron chi connectivity index (χ1n) is 37.5. The fourth-order valence-corrected chi connectivity index (χ4v) is 14.9. The molecule has 2 saturated heterocycles. The number of likely N-dealkylation sites (N-methyl/N-ethyl adjacent to an activating group) is 2. The zero-order valence-electron chi connectivity index (χ0n) is 65.1. The molecular weight excluding hydrogens is 1370 g/mol. The Hall–Kier alpha value is -7.88. The molecule has 0 aliphatic carbocycles. The maximum atomic E-state index is 14.7. The van der Waals surface area contributed by atoms with Gasteiger partial charge in [0.2, 0.25) is 52.8 Å². The number of urea groups is 1. The zero-order chi connectivity index (χ0) is 79.0. The Bertz CT molecular complexity index is 3400. The first-order valence-corrected chi connectivity index (χ1v) is 37.5. The van der Waals surface area contributed by atoms with E-state index in [2.05, 4.69) is 26.6 Å². The number of ether oxygens (including phenoxy) is 3. The third kappa shape index (κ3) is 25.4. The maximum absolute atomic E-state index is 14.7. The summed E-state index contributed by atoms with van der Waals surface area (Å²) in [6, 6.07) is 12.2. The lowest BCUT2D eigenvalue weighted by atomic mass is 9.84. The van der Waals surface area contributed by atoms with Crippen molar-refractivity contribution in [2.24, 2.45) is 53.1 Å². The number of carbonyl (C=O) groups excluding carboxylic acids is 10. The number of Topliss-reactive ketones (excluding diaryl/α,β-unsaturated/α-hetero) is 2. The molecule has 2 heterocycles. The monoisotopic (exact) mass is 1490 g/mol. The molecule has 2 fully saturated rings. The minimum absolute atomic E-state index is 0.00739. The van der Waals surface area contributed by atoms with E-state index in [1.54, 1.807) is 69.0 Å². The van der Waals surface area contributed by atoms with E-state index in [1.807, 2.05) is 103 Å². The molecule has 3 aromatic rings. The van der Waals surface area contributed by atoms with Gasteiger partial charge in [-0.2, -0.15) is 8.78 Å². The predicted octanol–water partition coefficient (Wildman–Crippen LogP) is 9.61. The van der Waals surface area contributed by atoms with E-state index in [0.29, 0.717) is 69.4 Å². The van der Waals surface area contributed by atoms with Crippen LogP contribution in [-0.4, -0.2) is 189 Å². The number of hydrogen-bond donors (Lipinski definition) is 6. The molecule has 106 heavy (non-hydrogen) atoms. The Kier molecular flexibility index (Phi) is 35.7. The summed E-state index contributed by atoms with van der Waals surface area (Å²) in [4.78, 5) is 145. The van der Waals surface area contributed by atoms with Gasteiger partial charge in [0.1, 0.15) is 11.8 Å². The van der Waals surface area contributed by atoms with E-state index < -0.39 is 124 Å². The van der Waals surface area contributed by atoms with E-state index in [4.69, 9.17) is 19.9 Å². The van der Waals surface area contributed by atoms with E-state index >= 15 is 0 Å². The smallest absolute Gasteiger partial charge is 0.314 e. The Labute approximate surface area is 624 Å². The van der Waals surface area contributed by atoms with Gasteiger partial charge in [-0.25, -0.2) is 13.6 Å². The molecule has 0 spiro atoms. The summed E-state index contributed by atoms with van der Waals surface area (Å²) >= 11 is 0. The molecule has 27 heteroatoms. The van der Waals surface area contributed by atoms with E-state index in [-0.39, 0.29) is 129 Å². The number of primary amides is 1. The van der Waals surface area contributed by atoms with Crippen LogP contribution < -0.4 is 37.1 Å². The highest BCUT2D eigenvalue weighted by Crippen LogP contribution is 2.35. The van der Waals surface area contributed by atoms with Crippen molar-refractivity contribution in [3.8, 4) is 5.75 Å². The number of esters is 1. The summed E-state index contributed by atoms with van der Waals surface area (Å²) < 4.78 is 74.4. The number of nitrogens with two attached hydrogens (primary N) is 1. The second kappa shape index (κ2) is 42.6. The number of hydrogen-bond acceptors (Lipinski definition) is 15. The molecule has 0 radical (unpaired) electrons. The number of halogens is 4. The van der Waals surface area contributed by atoms with Gasteiger partial charge in [0.15, 0.2) is 17.4 Å². The quantitative estimate of drug-likeness (QED) is 0.0101. The molecule has 5 rings (SSSR count). The standard InChI is InChI=1S/C79H118F4N10O13/c1-17-48(8)72(91(14)77(101)70(46(4)5)89-76(100)71(47(6)7)90(12)13)61(104-15)43-64(98)93-36-22-27-58(93)73(105-16)50(10)59(94)40-54(39-52-24-19-18-20-25-52)41-63(97)86-44-53-29-31-57(32-30-53)87-75(99)55(26-21-34-85-79(84)103)42-60(95)69(45(2)3)88-62(96)28-23-35-92-37-33-56(38-49(92)9)78(102)106-74-67(82)65(80)51(11)66(81)68(74)83/h18-20,24-25,29-32,45-50,54-56,58,61,69-73H,17,21-23,26-28,33-44H2,1-16H3,(H,86,97)(H,87,99)(H,88,96)(H,89,100)(H3,84,85,103)/t48-,49?,50-,54+,55+,56?,58-,61+,69-,70-,71-,72-,73+/m0/s1. The van der Waals surface area contributed by atoms with Crippen molar-refractivity contribution < 1.29 is 79.7 Å². The minimum Gasteiger partial charge on any atom is -0.420 e. The van der Waals surface area contributed by atoms with Gasteiger partial charge in [-0.3, -0.25) is 48.1 Å². The van der Waals surface area contributed by atoms with E-state index in [9.17, 15) is 65.5 Å². The second-order valence-corrected chi connectivity index (χ2v) is 30.3. The van der Waals surface area contributed by atoms with Gasteiger partial charge in [-0.1, -0.05) is 111 Å². The van der Waals surface area contributed by atoms with Gasteiger partial charge < -0.3 is 61.2 Å². The SMILES string of the molecule is CC[C@H](C)[C@@H]([C@@H](CC(=O)N1CCC[C@H]1[C@H](OC)[C@@H](C)C(=O)C[C@H](CC(=O)NCc1ccc(NC(=O)[C@H](CCCNC(N)=O)CC(=O)[C@@H](NC(=O)CCCN2CCC(C(=O)Oc3c(F)c(F)c(C)c(F)c3F)CC2C)C(C)C)cc1)Cc1ccccc1)OC)N(C)C(=O)[C@@H](NC(=O)[C@H](C(C)C)N(C)C)C(C)C. The Morgan fingerprint density at radius 3 is 1.90 bits per heavy atom. The number of nitrogens with one attached hydrogen (secondary N) is 5. The number of piperidine rings is 1. The first kappa shape index (κ1) is 88.7. The molecule has 13 atom stereocenters. The zero-order valence-corrected chi connectivity index (χ0v) is 65.1. The Morgan fingerprint density at radius 2 is 1.33 bits per heavy atom. The van der Waals surface area contributed by atoms with Crippen molar-refractivity contribution in [1.29, 1.82) is 0 Å². The van der Waals surface area contributed by atoms with Crippen LogP contribution in [0.15, 0.2) is 54.6 Å². The van der Waals surface area contributed by atoms with Gasteiger partial charge in [0.05, 0.1) is 48.7 Å². The predicted molar refractivity (Wildman–Crippen MR) is 396 cm³/mol. The van der Waals surface area contributed by atoms with Crippen LogP contribution in [0.5, 0.6) is 5.75 Å². The lowest BCUT2D eigenvalue weighted by Crippen LogP contribution is -2.59. The lowest BCUT2D eigenvalue weighted by molar-refractivity contribution is -0.148. The molecular formula is C79H118F4N10O13. The highest BCUT2D eigenvalue weighted by atomic mass is 19.2. The van der Waals surface area contributed by atoms with Gasteiger partial charge in [0, 0.05) is 95.7 Å². The average molecular weight is 1490 g/mol. The summed E-state index contributed by atoms with van der Waals surface area (Å²) in [5.41, 5.74) is 6.47. The second-order valence-electron chi connectivity index (χ2n) is 30.3. The normalized spacial score (nSPS) is 18.4. The number of methoxy groups -OCH3 is 2. The van der Waals surface area contributed by atoms with Crippen LogP contribution in [0.3, 0.4) is 0 Å². The summed E-state index contributed by atoms with van der Waals surface area (Å²) in [6.45, 7) is 21.2. The molecule has 2 aliphatic heterocycles. The molecule has 590 valence electrons. The molecule has 0 aromatic heterocycles. The third-order valence-corrected chi connectivity index (χ3v) is 21.1. The van der Waals surface area contributed by atoms with Gasteiger partial charge in [0.25, 0.3) is 0 Å². The largest absolute Gasteiger partial charge is 0.420 e. The first-order chi connectivity index (χ1) is 50.0. The van der Waals surface area contributed by atoms with Gasteiger partial charge in [-0.05, 0) is 145 Å². The van der Waals surface area contributed by atoms with Crippen LogP contribution in [0, 0.1) is 77.5 Å². The Balaban J connectivity index is 1.17. The van der Waals surface area contributed by atoms with Gasteiger partial charge >= 0.3 is 12.0 Å². The third-order valence-electron chi connectivity index (χ3n) is 21.1. The molecule has 2 aliphatic rings. The lowest BCUT2D eigenvalue weighted by Gasteiger charge is -2.41. The molecule has 2 unspecified atom stereocenters. The fraction of sp³-hybridized carbons (Fsp3) is 0.646. The molecule has 0 bridgehead atoms. The number of rotatable bonds is 42. The van der Waals surface area contributed by atoms with Crippen LogP contribution in [-0.2, 0) is 65.6 Å². The Morgan fingerprint density at radius 1 is 0.689 bits per heavy atom. The number of benzene rings is 3. The van der Waals surface area contributed by atoms with Crippen molar-refractivity contribution in [2.75, 3.05) is 66.9 Å². The minimum atomic E-state index is -1.80. The molecule has 3 aromatic carbocycles. The number of ketones is 2. The number of anilines is 1. The topological polar surface area (TPSA) is 298 Å². The van der Waals surface area contributed by atoms with Crippen LogP contribution in [0.25, 0.3) is 0 Å². The molecule has 7 N–H and O–H groups in total. The molecule has 8 amide bonds. The van der Waals surface area contributed by atoms with Crippen molar-refractivity contribution in [3.63, 3.8) is 0 Å². The van der Waals surface area contributed by atoms with E-state index in [0.717, 1.165) is 12.5 Å². The molecule has 0 saturated carbocycles. The number of nitrogens with zero attached hydrogens (tertiary/aromatic N) is 4. The average Bonchev–Trinajstić information content (AvgIpc) is 0.899. The van der Waals surface area contributed by atoms with Crippen molar-refractivity contribution in [1.82, 2.24) is 40.9 Å². The summed E-state index contributed by atoms with van der Waals surface area (Å²) in [6.07, 6.45) is 2.05. The number of carbonyl (C=O) groups is 10. The van der Waals surface area contributed by atoms with Gasteiger partial charge in [-0.15, -0.1) is 0 Å². The summed E-state index contributed by atoms with van der Waals surface area (Å²) in [7, 11) is 8.46. The number of likely N-dealkylation sites (tertiary alicyclic amines) is 2. The van der Waals surface area contributed by atoms with Crippen LogP contribution in [0.4, 0.5) is 28.0 Å².